The average Bonchev–Trinajstić information content (AvgIpc) is 3.09. The molecule has 1 aromatic heterocycles. The maximum atomic E-state index is 12.0. The molecule has 6 nitrogen and oxygen atoms in total. The van der Waals surface area contributed by atoms with E-state index in [0.29, 0.717) is 13.0 Å². The monoisotopic (exact) mass is 346 g/mol. The van der Waals surface area contributed by atoms with Crippen molar-refractivity contribution in [1.29, 1.82) is 0 Å². The van der Waals surface area contributed by atoms with E-state index in [1.807, 2.05) is 6.20 Å². The molecule has 2 fully saturated rings. The lowest BCUT2D eigenvalue weighted by Crippen LogP contribution is -2.50. The molecule has 3 heterocycles. The van der Waals surface area contributed by atoms with Gasteiger partial charge in [0.2, 0.25) is 5.91 Å². The third-order valence-electron chi connectivity index (χ3n) is 5.26. The predicted octanol–water partition coefficient (Wildman–Crippen LogP) is 1.49. The second-order valence-electron chi connectivity index (χ2n) is 7.72. The molecule has 25 heavy (non-hydrogen) atoms. The van der Waals surface area contributed by atoms with E-state index in [9.17, 15) is 9.90 Å². The standard InChI is InChI=1S/C19H30N4O2/c1-21(2)18(24)12-19(25)8-5-9-22(15-19)14-16-6-7-17(20-13-16)23-10-3-4-11-23/h6-7,13,25H,3-5,8-12,14-15H2,1-2H3. The fourth-order valence-corrected chi connectivity index (χ4v) is 3.83. The lowest BCUT2D eigenvalue weighted by atomic mass is 9.89. The molecule has 2 aliphatic rings. The summed E-state index contributed by atoms with van der Waals surface area (Å²) < 4.78 is 0. The Morgan fingerprint density at radius 2 is 2.00 bits per heavy atom. The first-order valence-electron chi connectivity index (χ1n) is 9.30. The molecule has 1 amide bonds. The van der Waals surface area contributed by atoms with Crippen LogP contribution >= 0.6 is 0 Å². The number of aliphatic hydroxyl groups is 1. The smallest absolute Gasteiger partial charge is 0.224 e. The van der Waals surface area contributed by atoms with Gasteiger partial charge in [-0.1, -0.05) is 6.07 Å². The highest BCUT2D eigenvalue weighted by atomic mass is 16.3. The quantitative estimate of drug-likeness (QED) is 0.875. The van der Waals surface area contributed by atoms with E-state index in [-0.39, 0.29) is 12.3 Å². The van der Waals surface area contributed by atoms with Crippen molar-refractivity contribution in [1.82, 2.24) is 14.8 Å². The van der Waals surface area contributed by atoms with Crippen LogP contribution in [0.5, 0.6) is 0 Å². The summed E-state index contributed by atoms with van der Waals surface area (Å²) in [5.41, 5.74) is 0.244. The maximum Gasteiger partial charge on any atom is 0.224 e. The third-order valence-corrected chi connectivity index (χ3v) is 5.26. The zero-order valence-corrected chi connectivity index (χ0v) is 15.4. The number of piperidine rings is 1. The van der Waals surface area contributed by atoms with E-state index in [1.165, 1.54) is 12.8 Å². The Morgan fingerprint density at radius 3 is 2.64 bits per heavy atom. The minimum Gasteiger partial charge on any atom is -0.388 e. The van der Waals surface area contributed by atoms with Crippen LogP contribution < -0.4 is 4.90 Å². The first-order chi connectivity index (χ1) is 12.0. The van der Waals surface area contributed by atoms with Crippen molar-refractivity contribution in [3.05, 3.63) is 23.9 Å². The Bertz CT molecular complexity index is 584. The minimum atomic E-state index is -0.914. The van der Waals surface area contributed by atoms with E-state index in [4.69, 9.17) is 0 Å². The lowest BCUT2D eigenvalue weighted by molar-refractivity contribution is -0.136. The molecule has 0 spiro atoms. The summed E-state index contributed by atoms with van der Waals surface area (Å²) >= 11 is 0. The topological polar surface area (TPSA) is 59.9 Å². The molecule has 2 aliphatic heterocycles. The van der Waals surface area contributed by atoms with E-state index in [0.717, 1.165) is 44.0 Å². The highest BCUT2D eigenvalue weighted by Crippen LogP contribution is 2.26. The van der Waals surface area contributed by atoms with Crippen molar-refractivity contribution in [2.75, 3.05) is 45.2 Å². The summed E-state index contributed by atoms with van der Waals surface area (Å²) in [5, 5.41) is 10.8. The molecule has 138 valence electrons. The Hall–Kier alpha value is -1.66. The number of carbonyl (C=O) groups is 1. The van der Waals surface area contributed by atoms with Gasteiger partial charge in [-0.3, -0.25) is 9.69 Å². The van der Waals surface area contributed by atoms with Crippen LogP contribution in [-0.2, 0) is 11.3 Å². The summed E-state index contributed by atoms with van der Waals surface area (Å²) in [6.07, 6.45) is 6.25. The zero-order chi connectivity index (χ0) is 17.9. The van der Waals surface area contributed by atoms with E-state index in [1.54, 1.807) is 19.0 Å². The average molecular weight is 346 g/mol. The molecule has 0 radical (unpaired) electrons. The number of amides is 1. The molecule has 0 aliphatic carbocycles. The van der Waals surface area contributed by atoms with Crippen LogP contribution in [0.2, 0.25) is 0 Å². The molecule has 1 atom stereocenters. The van der Waals surface area contributed by atoms with E-state index >= 15 is 0 Å². The number of β-amino-alcohol motifs (C(OH)–C–C–N with tert-alkyl or cyclic N) is 1. The molecular weight excluding hydrogens is 316 g/mol. The van der Waals surface area contributed by atoms with Crippen molar-refractivity contribution in [3.63, 3.8) is 0 Å². The minimum absolute atomic E-state index is 0.0130. The molecule has 1 unspecified atom stereocenters. The molecule has 0 saturated carbocycles. The van der Waals surface area contributed by atoms with Crippen LogP contribution in [-0.4, -0.2) is 71.7 Å². The van der Waals surface area contributed by atoms with Gasteiger partial charge in [-0.2, -0.15) is 0 Å². The zero-order valence-electron chi connectivity index (χ0n) is 15.4. The van der Waals surface area contributed by atoms with Gasteiger partial charge in [0.1, 0.15) is 5.82 Å². The highest BCUT2D eigenvalue weighted by molar-refractivity contribution is 5.76. The number of rotatable bonds is 5. The SMILES string of the molecule is CN(C)C(=O)CC1(O)CCCN(Cc2ccc(N3CCCC3)nc2)C1. The largest absolute Gasteiger partial charge is 0.388 e. The molecule has 1 aromatic rings. The number of likely N-dealkylation sites (tertiary alicyclic amines) is 1. The Kier molecular flexibility index (Phi) is 5.59. The number of hydrogen-bond acceptors (Lipinski definition) is 5. The van der Waals surface area contributed by atoms with E-state index in [2.05, 4.69) is 26.9 Å². The molecular formula is C19H30N4O2. The lowest BCUT2D eigenvalue weighted by Gasteiger charge is -2.39. The van der Waals surface area contributed by atoms with Gasteiger partial charge < -0.3 is 14.9 Å². The maximum absolute atomic E-state index is 12.0. The molecule has 2 saturated heterocycles. The van der Waals surface area contributed by atoms with Gasteiger partial charge in [0.05, 0.1) is 12.0 Å². The third kappa shape index (κ3) is 4.70. The number of aromatic nitrogens is 1. The van der Waals surface area contributed by atoms with Crippen molar-refractivity contribution in [3.8, 4) is 0 Å². The molecule has 1 N–H and O–H groups in total. The van der Waals surface area contributed by atoms with Crippen molar-refractivity contribution in [2.24, 2.45) is 0 Å². The van der Waals surface area contributed by atoms with Gasteiger partial charge in [-0.15, -0.1) is 0 Å². The van der Waals surface area contributed by atoms with Gasteiger partial charge >= 0.3 is 0 Å². The second kappa shape index (κ2) is 7.70. The molecule has 3 rings (SSSR count). The number of pyridine rings is 1. The first kappa shape index (κ1) is 18.1. The van der Waals surface area contributed by atoms with Crippen LogP contribution in [0.1, 0.15) is 37.7 Å². The van der Waals surface area contributed by atoms with Crippen LogP contribution in [0.15, 0.2) is 18.3 Å². The number of carbonyl (C=O) groups excluding carboxylic acids is 1. The van der Waals surface area contributed by atoms with Gasteiger partial charge in [0.15, 0.2) is 0 Å². The molecule has 6 heteroatoms. The number of hydrogen-bond donors (Lipinski definition) is 1. The van der Waals surface area contributed by atoms with Crippen LogP contribution in [0.3, 0.4) is 0 Å². The number of anilines is 1. The predicted molar refractivity (Wildman–Crippen MR) is 98.5 cm³/mol. The Balaban J connectivity index is 1.57. The first-order valence-corrected chi connectivity index (χ1v) is 9.30. The summed E-state index contributed by atoms with van der Waals surface area (Å²) in [7, 11) is 3.47. The molecule has 0 bridgehead atoms. The second-order valence-corrected chi connectivity index (χ2v) is 7.72. The van der Waals surface area contributed by atoms with Crippen molar-refractivity contribution in [2.45, 2.75) is 44.2 Å². The normalized spacial score (nSPS) is 24.5. The summed E-state index contributed by atoms with van der Waals surface area (Å²) in [4.78, 5) is 22.7. The number of nitrogens with zero attached hydrogens (tertiary/aromatic N) is 4. The van der Waals surface area contributed by atoms with Crippen LogP contribution in [0.25, 0.3) is 0 Å². The fraction of sp³-hybridized carbons (Fsp3) is 0.684. The molecule has 0 aromatic carbocycles. The van der Waals surface area contributed by atoms with Crippen molar-refractivity contribution < 1.29 is 9.90 Å². The summed E-state index contributed by atoms with van der Waals surface area (Å²) in [6, 6.07) is 4.24. The van der Waals surface area contributed by atoms with Gasteiger partial charge in [-0.25, -0.2) is 4.98 Å². The highest BCUT2D eigenvalue weighted by Gasteiger charge is 2.35. The van der Waals surface area contributed by atoms with Crippen LogP contribution in [0.4, 0.5) is 5.82 Å². The Labute approximate surface area is 150 Å². The van der Waals surface area contributed by atoms with Crippen LogP contribution in [0, 0.1) is 0 Å². The summed E-state index contributed by atoms with van der Waals surface area (Å²) in [6.45, 7) is 4.47. The van der Waals surface area contributed by atoms with Gasteiger partial charge in [0.25, 0.3) is 0 Å². The van der Waals surface area contributed by atoms with Gasteiger partial charge in [-0.05, 0) is 43.9 Å². The Morgan fingerprint density at radius 1 is 1.24 bits per heavy atom. The van der Waals surface area contributed by atoms with E-state index < -0.39 is 5.60 Å². The van der Waals surface area contributed by atoms with Crippen molar-refractivity contribution >= 4 is 11.7 Å². The fourth-order valence-electron chi connectivity index (χ4n) is 3.83. The summed E-state index contributed by atoms with van der Waals surface area (Å²) in [5.74, 6) is 1.05. The van der Waals surface area contributed by atoms with Gasteiger partial charge in [0, 0.05) is 46.5 Å².